The Balaban J connectivity index is 1.50. The second kappa shape index (κ2) is 9.58. The van der Waals surface area contributed by atoms with Crippen LogP contribution in [-0.4, -0.2) is 53.6 Å². The van der Waals surface area contributed by atoms with E-state index in [4.69, 9.17) is 9.15 Å². The number of thiazole rings is 1. The van der Waals surface area contributed by atoms with Gasteiger partial charge in [-0.2, -0.15) is 0 Å². The Hall–Kier alpha value is -2.46. The van der Waals surface area contributed by atoms with Gasteiger partial charge in [-0.25, -0.2) is 14.8 Å². The summed E-state index contributed by atoms with van der Waals surface area (Å²) >= 11 is 1.39. The zero-order valence-corrected chi connectivity index (χ0v) is 21.4. The van der Waals surface area contributed by atoms with Gasteiger partial charge in [0.15, 0.2) is 5.13 Å². The number of amides is 2. The third kappa shape index (κ3) is 6.77. The fourth-order valence-electron chi connectivity index (χ4n) is 3.14. The SMILES string of the molecule is CC(C)(C)OC(=O)N1CCC(C(=O)Nc2ncc(/C=C/c3ncc([Si](C)(C)C)o3)s2)CC1. The van der Waals surface area contributed by atoms with E-state index < -0.39 is 13.7 Å². The Bertz CT molecular complexity index is 979. The molecule has 174 valence electrons. The van der Waals surface area contributed by atoms with Crippen LogP contribution in [0.4, 0.5) is 9.93 Å². The number of likely N-dealkylation sites (tertiary alicyclic amines) is 1. The van der Waals surface area contributed by atoms with Crippen molar-refractivity contribution >= 4 is 54.1 Å². The van der Waals surface area contributed by atoms with Crippen LogP contribution in [-0.2, 0) is 9.53 Å². The van der Waals surface area contributed by atoms with E-state index in [1.165, 1.54) is 11.3 Å². The molecule has 10 heteroatoms. The fraction of sp³-hybridized carbons (Fsp3) is 0.545. The molecule has 0 aromatic carbocycles. The highest BCUT2D eigenvalue weighted by atomic mass is 32.1. The van der Waals surface area contributed by atoms with Gasteiger partial charge < -0.3 is 19.4 Å². The van der Waals surface area contributed by atoms with Gasteiger partial charge in [0.25, 0.3) is 0 Å². The van der Waals surface area contributed by atoms with Crippen molar-refractivity contribution in [1.82, 2.24) is 14.9 Å². The highest BCUT2D eigenvalue weighted by Crippen LogP contribution is 2.24. The van der Waals surface area contributed by atoms with Crippen molar-refractivity contribution in [2.75, 3.05) is 18.4 Å². The Morgan fingerprint density at radius 1 is 1.19 bits per heavy atom. The highest BCUT2D eigenvalue weighted by Gasteiger charge is 2.30. The second-order valence-electron chi connectivity index (χ2n) is 9.94. The largest absolute Gasteiger partial charge is 0.447 e. The Morgan fingerprint density at radius 3 is 2.47 bits per heavy atom. The van der Waals surface area contributed by atoms with Crippen LogP contribution >= 0.6 is 11.3 Å². The van der Waals surface area contributed by atoms with E-state index in [9.17, 15) is 9.59 Å². The molecule has 0 aliphatic carbocycles. The molecule has 0 bridgehead atoms. The molecule has 8 nitrogen and oxygen atoms in total. The molecule has 0 spiro atoms. The number of nitrogens with zero attached hydrogens (tertiary/aromatic N) is 3. The smallest absolute Gasteiger partial charge is 0.410 e. The molecular formula is C22H32N4O4SSi. The minimum atomic E-state index is -1.52. The van der Waals surface area contributed by atoms with Gasteiger partial charge in [-0.1, -0.05) is 31.0 Å². The predicted octanol–water partition coefficient (Wildman–Crippen LogP) is 4.43. The zero-order valence-electron chi connectivity index (χ0n) is 19.6. The van der Waals surface area contributed by atoms with E-state index in [2.05, 4.69) is 34.9 Å². The van der Waals surface area contributed by atoms with Crippen LogP contribution in [0.15, 0.2) is 16.8 Å². The number of anilines is 1. The van der Waals surface area contributed by atoms with Crippen molar-refractivity contribution in [2.24, 2.45) is 5.92 Å². The number of hydrogen-bond acceptors (Lipinski definition) is 7. The lowest BCUT2D eigenvalue weighted by atomic mass is 9.96. The number of aromatic nitrogens is 2. The monoisotopic (exact) mass is 476 g/mol. The summed E-state index contributed by atoms with van der Waals surface area (Å²) in [4.78, 5) is 36.0. The van der Waals surface area contributed by atoms with Crippen molar-refractivity contribution in [3.05, 3.63) is 23.2 Å². The van der Waals surface area contributed by atoms with Crippen LogP contribution in [0.3, 0.4) is 0 Å². The Labute approximate surface area is 194 Å². The molecule has 0 radical (unpaired) electrons. The van der Waals surface area contributed by atoms with Gasteiger partial charge in [0, 0.05) is 36.2 Å². The van der Waals surface area contributed by atoms with Crippen LogP contribution in [0.25, 0.3) is 12.2 Å². The van der Waals surface area contributed by atoms with Crippen LogP contribution in [0.1, 0.15) is 44.4 Å². The molecule has 1 aliphatic rings. The summed E-state index contributed by atoms with van der Waals surface area (Å²) in [5, 5.41) is 4.42. The van der Waals surface area contributed by atoms with Crippen molar-refractivity contribution < 1.29 is 18.7 Å². The molecule has 0 unspecified atom stereocenters. The number of carbonyl (C=O) groups excluding carboxylic acids is 2. The van der Waals surface area contributed by atoms with E-state index in [1.54, 1.807) is 17.3 Å². The van der Waals surface area contributed by atoms with Gasteiger partial charge in [0.05, 0.1) is 6.20 Å². The molecular weight excluding hydrogens is 444 g/mol. The van der Waals surface area contributed by atoms with E-state index in [0.717, 1.165) is 10.3 Å². The summed E-state index contributed by atoms with van der Waals surface area (Å²) in [6, 6.07) is 0. The molecule has 3 heterocycles. The van der Waals surface area contributed by atoms with Crippen LogP contribution in [0.5, 0.6) is 0 Å². The summed E-state index contributed by atoms with van der Waals surface area (Å²) in [6.45, 7) is 13.2. The lowest BCUT2D eigenvalue weighted by Gasteiger charge is -2.32. The zero-order chi connectivity index (χ0) is 23.5. The topological polar surface area (TPSA) is 97.6 Å². The van der Waals surface area contributed by atoms with Gasteiger partial charge in [-0.15, -0.1) is 0 Å². The van der Waals surface area contributed by atoms with E-state index in [0.29, 0.717) is 37.0 Å². The van der Waals surface area contributed by atoms with Crippen LogP contribution in [0.2, 0.25) is 19.6 Å². The van der Waals surface area contributed by atoms with Crippen molar-refractivity contribution in [2.45, 2.75) is 58.9 Å². The van der Waals surface area contributed by atoms with Crippen LogP contribution < -0.4 is 10.7 Å². The summed E-state index contributed by atoms with van der Waals surface area (Å²) in [5.74, 6) is 0.355. The van der Waals surface area contributed by atoms with Crippen molar-refractivity contribution in [3.8, 4) is 0 Å². The second-order valence-corrected chi connectivity index (χ2v) is 16.0. The number of rotatable bonds is 5. The highest BCUT2D eigenvalue weighted by molar-refractivity contribution is 7.16. The van der Waals surface area contributed by atoms with Gasteiger partial charge >= 0.3 is 6.09 Å². The third-order valence-electron chi connectivity index (χ3n) is 4.92. The average Bonchev–Trinajstić information content (AvgIpc) is 3.34. The number of ether oxygens (including phenoxy) is 1. The number of oxazole rings is 1. The van der Waals surface area contributed by atoms with E-state index in [1.807, 2.05) is 32.9 Å². The molecule has 1 saturated heterocycles. The maximum Gasteiger partial charge on any atom is 0.410 e. The molecule has 1 fully saturated rings. The summed E-state index contributed by atoms with van der Waals surface area (Å²) < 4.78 is 11.2. The third-order valence-corrected chi connectivity index (χ3v) is 7.51. The lowest BCUT2D eigenvalue weighted by Crippen LogP contribution is -2.43. The first kappa shape index (κ1) is 24.2. The Kier molecular flexibility index (Phi) is 7.24. The molecule has 0 saturated carbocycles. The van der Waals surface area contributed by atoms with E-state index >= 15 is 0 Å². The number of piperidine rings is 1. The average molecular weight is 477 g/mol. The first-order chi connectivity index (χ1) is 14.9. The standard InChI is InChI=1S/C22H32N4O4SSi/c1-22(2,3)30-21(28)26-11-9-15(10-12-26)19(27)25-20-24-13-16(31-20)7-8-17-23-14-18(29-17)32(4,5)6/h7-8,13-15H,9-12H2,1-6H3,(H,24,25,27)/b8-7+. The van der Waals surface area contributed by atoms with E-state index in [-0.39, 0.29) is 17.9 Å². The number of hydrogen-bond donors (Lipinski definition) is 1. The minimum absolute atomic E-state index is 0.0637. The molecule has 0 atom stereocenters. The maximum atomic E-state index is 12.6. The molecule has 32 heavy (non-hydrogen) atoms. The quantitative estimate of drug-likeness (QED) is 0.641. The first-order valence-corrected chi connectivity index (χ1v) is 15.1. The van der Waals surface area contributed by atoms with Crippen molar-refractivity contribution in [1.29, 1.82) is 0 Å². The lowest BCUT2D eigenvalue weighted by molar-refractivity contribution is -0.121. The first-order valence-electron chi connectivity index (χ1n) is 10.8. The molecule has 2 amide bonds. The minimum Gasteiger partial charge on any atom is -0.447 e. The predicted molar refractivity (Wildman–Crippen MR) is 130 cm³/mol. The Morgan fingerprint density at radius 2 is 1.88 bits per heavy atom. The fourth-order valence-corrected chi connectivity index (χ4v) is 4.73. The molecule has 2 aromatic heterocycles. The maximum absolute atomic E-state index is 12.6. The summed E-state index contributed by atoms with van der Waals surface area (Å²) in [6.07, 6.45) is 8.10. The molecule has 3 rings (SSSR count). The molecule has 1 aliphatic heterocycles. The van der Waals surface area contributed by atoms with Gasteiger partial charge in [-0.05, 0) is 39.7 Å². The summed E-state index contributed by atoms with van der Waals surface area (Å²) in [5.41, 5.74) is -0.522. The molecule has 2 aromatic rings. The van der Waals surface area contributed by atoms with Gasteiger partial charge in [-0.3, -0.25) is 4.79 Å². The van der Waals surface area contributed by atoms with Crippen LogP contribution in [0, 0.1) is 5.92 Å². The van der Waals surface area contributed by atoms with Gasteiger partial charge in [0.2, 0.25) is 11.8 Å². The number of carbonyl (C=O) groups is 2. The molecule has 1 N–H and O–H groups in total. The van der Waals surface area contributed by atoms with Crippen molar-refractivity contribution in [3.63, 3.8) is 0 Å². The summed E-state index contributed by atoms with van der Waals surface area (Å²) in [7, 11) is -1.52. The van der Waals surface area contributed by atoms with Gasteiger partial charge in [0.1, 0.15) is 19.1 Å². The normalized spacial score (nSPS) is 15.9. The number of nitrogens with one attached hydrogen (secondary N) is 1.